The third kappa shape index (κ3) is 4.39. The van der Waals surface area contributed by atoms with Gasteiger partial charge in [-0.25, -0.2) is 4.98 Å². The average molecular weight is 268 g/mol. The van der Waals surface area contributed by atoms with E-state index in [1.54, 1.807) is 0 Å². The minimum absolute atomic E-state index is 0.201. The third-order valence-corrected chi connectivity index (χ3v) is 2.55. The van der Waals surface area contributed by atoms with Crippen molar-refractivity contribution in [2.45, 2.75) is 19.0 Å². The van der Waals surface area contributed by atoms with Gasteiger partial charge >= 0.3 is 12.1 Å². The number of nitrogens with one attached hydrogen (secondary N) is 1. The number of carboxylic acid groups (broad SMARTS) is 1. The summed E-state index contributed by atoms with van der Waals surface area (Å²) >= 11 is 0.287. The highest BCUT2D eigenvalue weighted by Gasteiger charge is 2.33. The molecule has 0 radical (unpaired) electrons. The van der Waals surface area contributed by atoms with E-state index in [0.29, 0.717) is 6.20 Å². The van der Waals surface area contributed by atoms with Gasteiger partial charge in [-0.15, -0.1) is 0 Å². The van der Waals surface area contributed by atoms with E-state index >= 15 is 0 Å². The summed E-state index contributed by atoms with van der Waals surface area (Å²) < 4.78 is 36.5. The highest BCUT2D eigenvalue weighted by atomic mass is 32.1. The molecule has 9 heteroatoms. The smallest absolute Gasteiger partial charge is 0.427 e. The molecule has 5 nitrogen and oxygen atoms in total. The number of carbonyl (C=O) groups excluding carboxylic acids is 1. The summed E-state index contributed by atoms with van der Waals surface area (Å²) in [5.74, 6) is -1.84. The molecule has 0 aliphatic carbocycles. The van der Waals surface area contributed by atoms with Crippen LogP contribution in [0.1, 0.15) is 17.7 Å². The molecular weight excluding hydrogens is 261 g/mol. The summed E-state index contributed by atoms with van der Waals surface area (Å²) in [5, 5.41) is 10.2. The van der Waals surface area contributed by atoms with Crippen molar-refractivity contribution in [3.05, 3.63) is 11.1 Å². The van der Waals surface area contributed by atoms with Crippen LogP contribution >= 0.6 is 11.3 Å². The number of hydrogen-bond donors (Lipinski definition) is 2. The molecule has 0 aliphatic heterocycles. The van der Waals surface area contributed by atoms with Crippen molar-refractivity contribution in [1.29, 1.82) is 0 Å². The maximum atomic E-state index is 12.2. The first kappa shape index (κ1) is 13.4. The van der Waals surface area contributed by atoms with E-state index < -0.39 is 22.9 Å². The number of thiazole rings is 1. The van der Waals surface area contributed by atoms with Crippen molar-refractivity contribution in [2.24, 2.45) is 0 Å². The summed E-state index contributed by atoms with van der Waals surface area (Å²) in [6.45, 7) is 0. The predicted molar refractivity (Wildman–Crippen MR) is 52.6 cm³/mol. The van der Waals surface area contributed by atoms with Crippen molar-refractivity contribution in [3.63, 3.8) is 0 Å². The molecule has 17 heavy (non-hydrogen) atoms. The summed E-state index contributed by atoms with van der Waals surface area (Å²) in [5.41, 5.74) is 0. The first-order chi connectivity index (χ1) is 7.79. The Hall–Kier alpha value is -1.64. The third-order valence-electron chi connectivity index (χ3n) is 1.60. The highest BCUT2D eigenvalue weighted by Crippen LogP contribution is 2.34. The lowest BCUT2D eigenvalue weighted by Gasteiger charge is -2.00. The molecule has 1 amide bonds. The Bertz CT molecular complexity index is 430. The van der Waals surface area contributed by atoms with E-state index in [9.17, 15) is 22.8 Å². The molecule has 94 valence electrons. The molecule has 1 rings (SSSR count). The van der Waals surface area contributed by atoms with E-state index in [0.717, 1.165) is 0 Å². The van der Waals surface area contributed by atoms with Gasteiger partial charge in [0.2, 0.25) is 5.91 Å². The van der Waals surface area contributed by atoms with E-state index in [1.165, 1.54) is 0 Å². The van der Waals surface area contributed by atoms with E-state index in [1.807, 2.05) is 0 Å². The number of carbonyl (C=O) groups is 2. The summed E-state index contributed by atoms with van der Waals surface area (Å²) in [4.78, 5) is 23.7. The van der Waals surface area contributed by atoms with Gasteiger partial charge in [0.25, 0.3) is 0 Å². The lowest BCUT2D eigenvalue weighted by atomic mass is 10.3. The lowest BCUT2D eigenvalue weighted by molar-refractivity contribution is -0.138. The minimum Gasteiger partial charge on any atom is -0.481 e. The average Bonchev–Trinajstić information content (AvgIpc) is 2.62. The van der Waals surface area contributed by atoms with Gasteiger partial charge in [-0.05, 0) is 0 Å². The van der Waals surface area contributed by atoms with Gasteiger partial charge in [-0.2, -0.15) is 13.2 Å². The zero-order valence-electron chi connectivity index (χ0n) is 8.24. The minimum atomic E-state index is -4.50. The molecule has 0 bridgehead atoms. The Kier molecular flexibility index (Phi) is 4.05. The van der Waals surface area contributed by atoms with Gasteiger partial charge in [0.05, 0.1) is 12.6 Å². The number of hydrogen-bond acceptors (Lipinski definition) is 4. The lowest BCUT2D eigenvalue weighted by Crippen LogP contribution is -2.12. The topological polar surface area (TPSA) is 79.3 Å². The number of carboxylic acids is 1. The molecule has 1 aromatic heterocycles. The van der Waals surface area contributed by atoms with Crippen molar-refractivity contribution in [3.8, 4) is 0 Å². The zero-order valence-corrected chi connectivity index (χ0v) is 9.06. The van der Waals surface area contributed by atoms with Crippen LogP contribution in [0.2, 0.25) is 0 Å². The predicted octanol–water partition coefficient (Wildman–Crippen LogP) is 1.97. The maximum Gasteiger partial charge on any atom is 0.427 e. The van der Waals surface area contributed by atoms with E-state index in [4.69, 9.17) is 5.11 Å². The van der Waals surface area contributed by atoms with Gasteiger partial charge in [0.15, 0.2) is 5.13 Å². The van der Waals surface area contributed by atoms with Gasteiger partial charge in [0, 0.05) is 6.42 Å². The first-order valence-electron chi connectivity index (χ1n) is 4.33. The van der Waals surface area contributed by atoms with Gasteiger partial charge in [0.1, 0.15) is 4.88 Å². The van der Waals surface area contributed by atoms with Crippen molar-refractivity contribution in [1.82, 2.24) is 4.98 Å². The van der Waals surface area contributed by atoms with E-state index in [2.05, 4.69) is 10.3 Å². The quantitative estimate of drug-likeness (QED) is 0.874. The number of nitrogens with zero attached hydrogens (tertiary/aromatic N) is 1. The van der Waals surface area contributed by atoms with Crippen LogP contribution in [0, 0.1) is 0 Å². The normalized spacial score (nSPS) is 11.2. The van der Waals surface area contributed by atoms with Crippen LogP contribution in [0.15, 0.2) is 6.20 Å². The van der Waals surface area contributed by atoms with Gasteiger partial charge in [-0.3, -0.25) is 9.59 Å². The van der Waals surface area contributed by atoms with Crippen LogP contribution in [0.25, 0.3) is 0 Å². The molecule has 0 saturated carbocycles. The number of amides is 1. The molecule has 0 aliphatic rings. The second-order valence-electron chi connectivity index (χ2n) is 2.97. The highest BCUT2D eigenvalue weighted by molar-refractivity contribution is 7.15. The standard InChI is InChI=1S/C8H7F3N2O3S/c9-8(10,11)4-3-12-7(17-4)13-5(14)1-2-6(15)16/h3H,1-2H2,(H,15,16)(H,12,13,14). The van der Waals surface area contributed by atoms with Crippen LogP contribution in [0.5, 0.6) is 0 Å². The monoisotopic (exact) mass is 268 g/mol. The molecule has 0 aromatic carbocycles. The largest absolute Gasteiger partial charge is 0.481 e. The number of aliphatic carboxylic acids is 1. The Morgan fingerprint density at radius 3 is 2.53 bits per heavy atom. The molecule has 0 spiro atoms. The summed E-state index contributed by atoms with van der Waals surface area (Å²) in [6, 6.07) is 0. The fourth-order valence-corrected chi connectivity index (χ4v) is 1.56. The first-order valence-corrected chi connectivity index (χ1v) is 5.15. The molecule has 0 saturated heterocycles. The zero-order chi connectivity index (χ0) is 13.1. The Morgan fingerprint density at radius 2 is 2.06 bits per heavy atom. The molecule has 0 fully saturated rings. The number of aromatic nitrogens is 1. The molecule has 2 N–H and O–H groups in total. The van der Waals surface area contributed by atoms with Gasteiger partial charge < -0.3 is 10.4 Å². The molecule has 0 atom stereocenters. The SMILES string of the molecule is O=C(O)CCC(=O)Nc1ncc(C(F)(F)F)s1. The van der Waals surface area contributed by atoms with Gasteiger partial charge in [-0.1, -0.05) is 11.3 Å². The fourth-order valence-electron chi connectivity index (χ4n) is 0.865. The molecule has 0 unspecified atom stereocenters. The van der Waals surface area contributed by atoms with Crippen LogP contribution < -0.4 is 5.32 Å². The van der Waals surface area contributed by atoms with Crippen LogP contribution in [0.3, 0.4) is 0 Å². The van der Waals surface area contributed by atoms with E-state index in [-0.39, 0.29) is 29.3 Å². The summed E-state index contributed by atoms with van der Waals surface area (Å²) in [7, 11) is 0. The number of alkyl halides is 3. The van der Waals surface area contributed by atoms with Crippen molar-refractivity contribution in [2.75, 3.05) is 5.32 Å². The molecule has 1 aromatic rings. The molecular formula is C8H7F3N2O3S. The van der Waals surface area contributed by atoms with Crippen molar-refractivity contribution < 1.29 is 27.9 Å². The maximum absolute atomic E-state index is 12.2. The van der Waals surface area contributed by atoms with Crippen molar-refractivity contribution >= 4 is 28.3 Å². The van der Waals surface area contributed by atoms with Crippen LogP contribution in [0.4, 0.5) is 18.3 Å². The number of halogens is 3. The number of anilines is 1. The fraction of sp³-hybridized carbons (Fsp3) is 0.375. The second kappa shape index (κ2) is 5.13. The molecule has 1 heterocycles. The van der Waals surface area contributed by atoms with Crippen LogP contribution in [-0.4, -0.2) is 22.0 Å². The van der Waals surface area contributed by atoms with Crippen LogP contribution in [-0.2, 0) is 15.8 Å². The number of rotatable bonds is 4. The Morgan fingerprint density at radius 1 is 1.41 bits per heavy atom. The second-order valence-corrected chi connectivity index (χ2v) is 4.00. The Balaban J connectivity index is 2.55. The summed E-state index contributed by atoms with van der Waals surface area (Å²) in [6.07, 6.45) is -4.58. The Labute approximate surface area is 97.3 Å².